The van der Waals surface area contributed by atoms with Gasteiger partial charge in [0.25, 0.3) is 5.91 Å². The fourth-order valence-electron chi connectivity index (χ4n) is 3.33. The van der Waals surface area contributed by atoms with Gasteiger partial charge in [-0.15, -0.1) is 0 Å². The first-order valence-electron chi connectivity index (χ1n) is 10.2. The summed E-state index contributed by atoms with van der Waals surface area (Å²) in [5.74, 6) is -0.126. The van der Waals surface area contributed by atoms with Crippen LogP contribution in [0.3, 0.4) is 0 Å². The standard InChI is InChI=1S/C25H23N3O4/c29-22(20-11-10-18-6-1-2-7-19(18)14-20)16-27-25(31)26-15-17-5-3-8-21(13-17)28-24(30)23-9-4-12-32-23/h1-14,22,29H,15-16H2,(H,28,30)(H2,26,27,31). The molecule has 0 saturated carbocycles. The first-order valence-corrected chi connectivity index (χ1v) is 10.2. The molecule has 3 amide bonds. The summed E-state index contributed by atoms with van der Waals surface area (Å²) in [5, 5.41) is 20.7. The quantitative estimate of drug-likeness (QED) is 0.353. The van der Waals surface area contributed by atoms with E-state index in [2.05, 4.69) is 16.0 Å². The molecule has 0 spiro atoms. The summed E-state index contributed by atoms with van der Waals surface area (Å²) in [4.78, 5) is 24.2. The van der Waals surface area contributed by atoms with Crippen molar-refractivity contribution in [3.8, 4) is 0 Å². The van der Waals surface area contributed by atoms with Gasteiger partial charge in [-0.25, -0.2) is 4.79 Å². The van der Waals surface area contributed by atoms with Gasteiger partial charge in [-0.2, -0.15) is 0 Å². The molecule has 3 aromatic carbocycles. The molecule has 0 aliphatic carbocycles. The number of benzene rings is 3. The second-order valence-electron chi connectivity index (χ2n) is 7.32. The molecular weight excluding hydrogens is 406 g/mol. The Hall–Kier alpha value is -4.10. The van der Waals surface area contributed by atoms with Crippen molar-refractivity contribution in [3.05, 3.63) is 102 Å². The van der Waals surface area contributed by atoms with E-state index in [-0.39, 0.29) is 24.8 Å². The molecule has 0 aliphatic rings. The lowest BCUT2D eigenvalue weighted by Crippen LogP contribution is -2.37. The summed E-state index contributed by atoms with van der Waals surface area (Å²) >= 11 is 0. The SMILES string of the molecule is O=C(NCc1cccc(NC(=O)c2ccco2)c1)NCC(O)c1ccc2ccccc2c1. The zero-order chi connectivity index (χ0) is 22.3. The topological polar surface area (TPSA) is 104 Å². The van der Waals surface area contributed by atoms with Crippen molar-refractivity contribution < 1.29 is 19.1 Å². The summed E-state index contributed by atoms with van der Waals surface area (Å²) < 4.78 is 5.08. The molecule has 1 aromatic heterocycles. The largest absolute Gasteiger partial charge is 0.459 e. The predicted molar refractivity (Wildman–Crippen MR) is 122 cm³/mol. The summed E-state index contributed by atoms with van der Waals surface area (Å²) in [5.41, 5.74) is 2.15. The molecule has 0 saturated heterocycles. The molecule has 1 unspecified atom stereocenters. The molecular formula is C25H23N3O4. The number of aliphatic hydroxyl groups is 1. The number of hydrogen-bond acceptors (Lipinski definition) is 4. The van der Waals surface area contributed by atoms with E-state index in [0.717, 1.165) is 21.9 Å². The Morgan fingerprint density at radius 3 is 2.53 bits per heavy atom. The van der Waals surface area contributed by atoms with Gasteiger partial charge in [-0.3, -0.25) is 4.79 Å². The Bertz CT molecular complexity index is 1220. The maximum absolute atomic E-state index is 12.2. The molecule has 4 N–H and O–H groups in total. The van der Waals surface area contributed by atoms with Crippen LogP contribution in [0.2, 0.25) is 0 Å². The van der Waals surface area contributed by atoms with Crippen LogP contribution in [0.1, 0.15) is 27.8 Å². The fraction of sp³-hybridized carbons (Fsp3) is 0.120. The van der Waals surface area contributed by atoms with Gasteiger partial charge in [-0.1, -0.05) is 48.5 Å². The number of nitrogens with one attached hydrogen (secondary N) is 3. The van der Waals surface area contributed by atoms with Crippen LogP contribution in [0.5, 0.6) is 0 Å². The number of anilines is 1. The molecule has 162 valence electrons. The molecule has 1 atom stereocenters. The van der Waals surface area contributed by atoms with Gasteiger partial charge in [0.1, 0.15) is 0 Å². The molecule has 0 fully saturated rings. The normalized spacial score (nSPS) is 11.7. The molecule has 0 aliphatic heterocycles. The van der Waals surface area contributed by atoms with Gasteiger partial charge in [-0.05, 0) is 52.2 Å². The van der Waals surface area contributed by atoms with E-state index in [1.54, 1.807) is 30.3 Å². The molecule has 7 heteroatoms. The lowest BCUT2D eigenvalue weighted by atomic mass is 10.0. The van der Waals surface area contributed by atoms with Crippen LogP contribution in [0.15, 0.2) is 89.5 Å². The Balaban J connectivity index is 1.26. The average molecular weight is 429 g/mol. The van der Waals surface area contributed by atoms with E-state index in [1.165, 1.54) is 6.26 Å². The highest BCUT2D eigenvalue weighted by atomic mass is 16.3. The third kappa shape index (κ3) is 5.33. The van der Waals surface area contributed by atoms with Crippen LogP contribution in [-0.4, -0.2) is 23.6 Å². The zero-order valence-corrected chi connectivity index (χ0v) is 17.2. The van der Waals surface area contributed by atoms with Crippen molar-refractivity contribution in [1.29, 1.82) is 0 Å². The summed E-state index contributed by atoms with van der Waals surface area (Å²) in [6, 6.07) is 23.6. The van der Waals surface area contributed by atoms with Gasteiger partial charge < -0.3 is 25.5 Å². The van der Waals surface area contributed by atoms with Crippen molar-refractivity contribution in [3.63, 3.8) is 0 Å². The summed E-state index contributed by atoms with van der Waals surface area (Å²) in [6.45, 7) is 0.353. The highest BCUT2D eigenvalue weighted by Gasteiger charge is 2.11. The number of carbonyl (C=O) groups is 2. The molecule has 4 aromatic rings. The Morgan fingerprint density at radius 2 is 1.72 bits per heavy atom. The lowest BCUT2D eigenvalue weighted by Gasteiger charge is -2.14. The van der Waals surface area contributed by atoms with Crippen molar-refractivity contribution in [2.75, 3.05) is 11.9 Å². The minimum absolute atomic E-state index is 0.0867. The molecule has 32 heavy (non-hydrogen) atoms. The number of furan rings is 1. The second-order valence-corrected chi connectivity index (χ2v) is 7.32. The average Bonchev–Trinajstić information content (AvgIpc) is 3.36. The second kappa shape index (κ2) is 9.80. The molecule has 4 rings (SSSR count). The fourth-order valence-corrected chi connectivity index (χ4v) is 3.33. The van der Waals surface area contributed by atoms with Crippen molar-refractivity contribution >= 4 is 28.4 Å². The Morgan fingerprint density at radius 1 is 0.875 bits per heavy atom. The van der Waals surface area contributed by atoms with E-state index in [1.807, 2.05) is 48.5 Å². The van der Waals surface area contributed by atoms with E-state index in [4.69, 9.17) is 4.42 Å². The predicted octanol–water partition coefficient (Wildman–Crippen LogP) is 4.22. The minimum Gasteiger partial charge on any atom is -0.459 e. The monoisotopic (exact) mass is 429 g/mol. The van der Waals surface area contributed by atoms with E-state index >= 15 is 0 Å². The van der Waals surface area contributed by atoms with Crippen molar-refractivity contribution in [2.24, 2.45) is 0 Å². The van der Waals surface area contributed by atoms with E-state index in [9.17, 15) is 14.7 Å². The lowest BCUT2D eigenvalue weighted by molar-refractivity contribution is 0.0996. The maximum atomic E-state index is 12.2. The number of fused-ring (bicyclic) bond motifs is 1. The number of aliphatic hydroxyl groups excluding tert-OH is 1. The zero-order valence-electron chi connectivity index (χ0n) is 17.2. The minimum atomic E-state index is -0.814. The summed E-state index contributed by atoms with van der Waals surface area (Å²) in [7, 11) is 0. The molecule has 0 radical (unpaired) electrons. The summed E-state index contributed by atoms with van der Waals surface area (Å²) in [6.07, 6.45) is 0.621. The number of carbonyl (C=O) groups excluding carboxylic acids is 2. The first kappa shape index (κ1) is 21.1. The highest BCUT2D eigenvalue weighted by Crippen LogP contribution is 2.20. The molecule has 0 bridgehead atoms. The van der Waals surface area contributed by atoms with Crippen LogP contribution in [-0.2, 0) is 6.54 Å². The van der Waals surface area contributed by atoms with E-state index < -0.39 is 12.1 Å². The third-order valence-corrected chi connectivity index (χ3v) is 5.00. The van der Waals surface area contributed by atoms with Gasteiger partial charge >= 0.3 is 6.03 Å². The maximum Gasteiger partial charge on any atom is 0.315 e. The number of amides is 3. The number of hydrogen-bond donors (Lipinski definition) is 4. The number of urea groups is 1. The molecule has 7 nitrogen and oxygen atoms in total. The van der Waals surface area contributed by atoms with E-state index in [0.29, 0.717) is 5.69 Å². The Kier molecular flexibility index (Phi) is 6.48. The number of rotatable bonds is 7. The van der Waals surface area contributed by atoms with Crippen LogP contribution < -0.4 is 16.0 Å². The van der Waals surface area contributed by atoms with Crippen LogP contribution in [0, 0.1) is 0 Å². The smallest absolute Gasteiger partial charge is 0.315 e. The van der Waals surface area contributed by atoms with Crippen LogP contribution in [0.25, 0.3) is 10.8 Å². The van der Waals surface area contributed by atoms with Gasteiger partial charge in [0, 0.05) is 18.8 Å². The third-order valence-electron chi connectivity index (χ3n) is 5.00. The van der Waals surface area contributed by atoms with Gasteiger partial charge in [0.05, 0.1) is 12.4 Å². The highest BCUT2D eigenvalue weighted by molar-refractivity contribution is 6.02. The Labute approximate surface area is 185 Å². The van der Waals surface area contributed by atoms with Crippen LogP contribution >= 0.6 is 0 Å². The molecule has 1 heterocycles. The van der Waals surface area contributed by atoms with Gasteiger partial charge in [0.2, 0.25) is 0 Å². The van der Waals surface area contributed by atoms with Crippen molar-refractivity contribution in [1.82, 2.24) is 10.6 Å². The van der Waals surface area contributed by atoms with Crippen molar-refractivity contribution in [2.45, 2.75) is 12.6 Å². The van der Waals surface area contributed by atoms with Gasteiger partial charge in [0.15, 0.2) is 5.76 Å². The van der Waals surface area contributed by atoms with Crippen LogP contribution in [0.4, 0.5) is 10.5 Å². The first-order chi connectivity index (χ1) is 15.6.